The molecule has 2 nitrogen and oxygen atoms in total. The van der Waals surface area contributed by atoms with Crippen LogP contribution in [0, 0.1) is 5.92 Å². The molecule has 0 aromatic heterocycles. The van der Waals surface area contributed by atoms with Crippen LogP contribution in [0.25, 0.3) is 0 Å². The van der Waals surface area contributed by atoms with E-state index in [0.717, 1.165) is 19.1 Å². The number of allylic oxidation sites excluding steroid dienone is 1. The lowest BCUT2D eigenvalue weighted by Gasteiger charge is -2.32. The zero-order valence-corrected chi connectivity index (χ0v) is 10.5. The van der Waals surface area contributed by atoms with E-state index in [1.807, 2.05) is 0 Å². The topological polar surface area (TPSA) is 21.3 Å². The van der Waals surface area contributed by atoms with Crippen molar-refractivity contribution in [1.29, 1.82) is 0 Å². The molecule has 2 rings (SSSR count). The third kappa shape index (κ3) is 3.24. The van der Waals surface area contributed by atoms with Crippen molar-refractivity contribution in [1.82, 2.24) is 5.32 Å². The molecule has 0 aromatic carbocycles. The van der Waals surface area contributed by atoms with E-state index in [4.69, 9.17) is 4.74 Å². The fourth-order valence-corrected chi connectivity index (χ4v) is 2.50. The summed E-state index contributed by atoms with van der Waals surface area (Å²) in [4.78, 5) is 0. The van der Waals surface area contributed by atoms with Crippen molar-refractivity contribution in [3.05, 3.63) is 11.8 Å². The molecule has 1 N–H and O–H groups in total. The van der Waals surface area contributed by atoms with Gasteiger partial charge in [-0.1, -0.05) is 26.2 Å². The third-order valence-corrected chi connectivity index (χ3v) is 3.74. The number of rotatable bonds is 6. The molecule has 0 saturated heterocycles. The predicted octanol–water partition coefficient (Wildman–Crippen LogP) is 3.24. The molecule has 1 aliphatic carbocycles. The molecule has 0 spiro atoms. The molecule has 92 valence electrons. The van der Waals surface area contributed by atoms with Gasteiger partial charge in [-0.05, 0) is 44.2 Å². The molecular formula is C14H25NO. The monoisotopic (exact) mass is 223 g/mol. The van der Waals surface area contributed by atoms with Crippen LogP contribution in [0.3, 0.4) is 0 Å². The summed E-state index contributed by atoms with van der Waals surface area (Å²) < 4.78 is 5.81. The van der Waals surface area contributed by atoms with E-state index >= 15 is 0 Å². The first-order chi connectivity index (χ1) is 7.90. The fourth-order valence-electron chi connectivity index (χ4n) is 2.50. The normalized spacial score (nSPS) is 23.2. The van der Waals surface area contributed by atoms with Gasteiger partial charge < -0.3 is 10.1 Å². The Morgan fingerprint density at radius 1 is 1.44 bits per heavy atom. The van der Waals surface area contributed by atoms with Crippen LogP contribution in [0.1, 0.15) is 51.9 Å². The second-order valence-electron chi connectivity index (χ2n) is 5.14. The molecule has 1 fully saturated rings. The quantitative estimate of drug-likeness (QED) is 0.746. The van der Waals surface area contributed by atoms with Crippen LogP contribution >= 0.6 is 0 Å². The fraction of sp³-hybridized carbons (Fsp3) is 0.857. The highest BCUT2D eigenvalue weighted by atomic mass is 16.5. The first-order valence-electron chi connectivity index (χ1n) is 6.96. The second kappa shape index (κ2) is 6.29. The minimum Gasteiger partial charge on any atom is -0.497 e. The smallest absolute Gasteiger partial charge is 0.109 e. The van der Waals surface area contributed by atoms with E-state index < -0.39 is 0 Å². The van der Waals surface area contributed by atoms with Crippen molar-refractivity contribution < 1.29 is 4.74 Å². The maximum atomic E-state index is 5.81. The van der Waals surface area contributed by atoms with Gasteiger partial charge in [-0.15, -0.1) is 0 Å². The first kappa shape index (κ1) is 12.0. The van der Waals surface area contributed by atoms with Gasteiger partial charge in [-0.2, -0.15) is 0 Å². The van der Waals surface area contributed by atoms with Gasteiger partial charge in [-0.25, -0.2) is 0 Å². The van der Waals surface area contributed by atoms with Crippen LogP contribution in [0.5, 0.6) is 0 Å². The summed E-state index contributed by atoms with van der Waals surface area (Å²) in [6.45, 7) is 4.25. The van der Waals surface area contributed by atoms with Crippen molar-refractivity contribution in [2.45, 2.75) is 57.9 Å². The third-order valence-electron chi connectivity index (χ3n) is 3.74. The highest BCUT2D eigenvalue weighted by molar-refractivity contribution is 5.06. The predicted molar refractivity (Wildman–Crippen MR) is 67.3 cm³/mol. The summed E-state index contributed by atoms with van der Waals surface area (Å²) in [5.41, 5.74) is 0. The lowest BCUT2D eigenvalue weighted by atomic mass is 9.80. The van der Waals surface area contributed by atoms with Gasteiger partial charge in [0.25, 0.3) is 0 Å². The van der Waals surface area contributed by atoms with E-state index in [-0.39, 0.29) is 0 Å². The summed E-state index contributed by atoms with van der Waals surface area (Å²) in [6, 6.07) is 0.491. The summed E-state index contributed by atoms with van der Waals surface area (Å²) in [6.07, 6.45) is 11.5. The Hall–Kier alpha value is -0.500. The summed E-state index contributed by atoms with van der Waals surface area (Å²) in [5.74, 6) is 2.17. The van der Waals surface area contributed by atoms with E-state index in [0.29, 0.717) is 6.04 Å². The van der Waals surface area contributed by atoms with Gasteiger partial charge in [0.05, 0.1) is 12.6 Å². The SMILES string of the molecule is CCCNC(CC1CCC1)C1=CCCCO1. The Kier molecular flexibility index (Phi) is 4.70. The molecule has 1 aliphatic heterocycles. The molecule has 2 aliphatic rings. The highest BCUT2D eigenvalue weighted by Gasteiger charge is 2.25. The number of nitrogens with one attached hydrogen (secondary N) is 1. The molecule has 0 aromatic rings. The lowest BCUT2D eigenvalue weighted by Crippen LogP contribution is -2.36. The van der Waals surface area contributed by atoms with Crippen molar-refractivity contribution in [3.8, 4) is 0 Å². The molecule has 1 saturated carbocycles. The Labute approximate surface area is 99.4 Å². The van der Waals surface area contributed by atoms with Gasteiger partial charge in [0.1, 0.15) is 5.76 Å². The summed E-state index contributed by atoms with van der Waals surface area (Å²) in [7, 11) is 0. The second-order valence-corrected chi connectivity index (χ2v) is 5.14. The van der Waals surface area contributed by atoms with Crippen LogP contribution in [0.15, 0.2) is 11.8 Å². The Morgan fingerprint density at radius 2 is 2.31 bits per heavy atom. The van der Waals surface area contributed by atoms with Crippen LogP contribution in [-0.4, -0.2) is 19.2 Å². The molecule has 1 atom stereocenters. The van der Waals surface area contributed by atoms with Gasteiger partial charge in [0.15, 0.2) is 0 Å². The Morgan fingerprint density at radius 3 is 2.88 bits per heavy atom. The standard InChI is InChI=1S/C14H25NO/c1-2-9-15-13(11-12-6-5-7-12)14-8-3-4-10-16-14/h8,12-13,15H,2-7,9-11H2,1H3. The van der Waals surface area contributed by atoms with Gasteiger partial charge in [0.2, 0.25) is 0 Å². The zero-order valence-electron chi connectivity index (χ0n) is 10.5. The van der Waals surface area contributed by atoms with Gasteiger partial charge in [0, 0.05) is 0 Å². The highest BCUT2D eigenvalue weighted by Crippen LogP contribution is 2.32. The Bertz CT molecular complexity index is 233. The Balaban J connectivity index is 1.86. The maximum absolute atomic E-state index is 5.81. The zero-order chi connectivity index (χ0) is 11.2. The van der Waals surface area contributed by atoms with Crippen LogP contribution in [0.4, 0.5) is 0 Å². The lowest BCUT2D eigenvalue weighted by molar-refractivity contribution is 0.150. The summed E-state index contributed by atoms with van der Waals surface area (Å²) >= 11 is 0. The molecule has 0 amide bonds. The molecule has 16 heavy (non-hydrogen) atoms. The van der Waals surface area contributed by atoms with Crippen molar-refractivity contribution in [2.75, 3.05) is 13.2 Å². The van der Waals surface area contributed by atoms with Crippen molar-refractivity contribution in [3.63, 3.8) is 0 Å². The molecule has 0 radical (unpaired) electrons. The molecule has 1 unspecified atom stereocenters. The average molecular weight is 223 g/mol. The van der Waals surface area contributed by atoms with Crippen LogP contribution < -0.4 is 5.32 Å². The van der Waals surface area contributed by atoms with E-state index in [1.54, 1.807) is 0 Å². The van der Waals surface area contributed by atoms with Crippen molar-refractivity contribution in [2.24, 2.45) is 5.92 Å². The van der Waals surface area contributed by atoms with E-state index in [1.165, 1.54) is 50.7 Å². The average Bonchev–Trinajstić information content (AvgIpc) is 2.28. The van der Waals surface area contributed by atoms with Gasteiger partial charge in [-0.3, -0.25) is 0 Å². The number of ether oxygens (including phenoxy) is 1. The number of hydrogen-bond donors (Lipinski definition) is 1. The number of hydrogen-bond acceptors (Lipinski definition) is 2. The molecule has 2 heteroatoms. The first-order valence-corrected chi connectivity index (χ1v) is 6.96. The largest absolute Gasteiger partial charge is 0.497 e. The van der Waals surface area contributed by atoms with Crippen molar-refractivity contribution >= 4 is 0 Å². The van der Waals surface area contributed by atoms with Crippen LogP contribution in [-0.2, 0) is 4.74 Å². The van der Waals surface area contributed by atoms with E-state index in [9.17, 15) is 0 Å². The minimum absolute atomic E-state index is 0.491. The minimum atomic E-state index is 0.491. The van der Waals surface area contributed by atoms with Gasteiger partial charge >= 0.3 is 0 Å². The summed E-state index contributed by atoms with van der Waals surface area (Å²) in [5, 5.41) is 3.64. The maximum Gasteiger partial charge on any atom is 0.109 e. The molecular weight excluding hydrogens is 198 g/mol. The molecule has 0 bridgehead atoms. The van der Waals surface area contributed by atoms with Crippen LogP contribution in [0.2, 0.25) is 0 Å². The molecule has 1 heterocycles. The van der Waals surface area contributed by atoms with E-state index in [2.05, 4.69) is 18.3 Å².